The van der Waals surface area contributed by atoms with Gasteiger partial charge in [-0.2, -0.15) is 5.10 Å². The molecule has 3 atom stereocenters. The van der Waals surface area contributed by atoms with Crippen molar-refractivity contribution in [3.63, 3.8) is 0 Å². The Balaban J connectivity index is 1.56. The van der Waals surface area contributed by atoms with E-state index in [1.54, 1.807) is 6.21 Å². The number of rotatable bonds is 3. The van der Waals surface area contributed by atoms with Gasteiger partial charge in [0.05, 0.1) is 6.21 Å². The lowest BCUT2D eigenvalue weighted by Gasteiger charge is -2.15. The molecule has 3 nitrogen and oxygen atoms in total. The van der Waals surface area contributed by atoms with E-state index >= 15 is 0 Å². The van der Waals surface area contributed by atoms with E-state index in [1.807, 2.05) is 24.3 Å². The van der Waals surface area contributed by atoms with Crippen molar-refractivity contribution in [3.8, 4) is 0 Å². The number of halogens is 1. The van der Waals surface area contributed by atoms with E-state index in [1.165, 1.54) is 25.7 Å². The van der Waals surface area contributed by atoms with Gasteiger partial charge in [-0.25, -0.2) is 5.43 Å². The molecule has 1 N–H and O–H groups in total. The van der Waals surface area contributed by atoms with Crippen LogP contribution in [0.2, 0.25) is 0 Å². The predicted molar refractivity (Wildman–Crippen MR) is 83.4 cm³/mol. The molecule has 2 aliphatic carbocycles. The summed E-state index contributed by atoms with van der Waals surface area (Å²) in [5.41, 5.74) is 3.93. The van der Waals surface area contributed by atoms with Crippen molar-refractivity contribution >= 4 is 28.1 Å². The summed E-state index contributed by atoms with van der Waals surface area (Å²) in [5, 5.41) is 4.08. The highest BCUT2D eigenvalue weighted by Gasteiger charge is 2.64. The number of nitrogens with zero attached hydrogens (tertiary/aromatic N) is 1. The van der Waals surface area contributed by atoms with E-state index in [4.69, 9.17) is 0 Å². The van der Waals surface area contributed by atoms with Gasteiger partial charge in [-0.3, -0.25) is 4.79 Å². The van der Waals surface area contributed by atoms with E-state index in [2.05, 4.69) is 33.4 Å². The van der Waals surface area contributed by atoms with Gasteiger partial charge < -0.3 is 0 Å². The second-order valence-electron chi connectivity index (χ2n) is 6.12. The van der Waals surface area contributed by atoms with Gasteiger partial charge in [-0.05, 0) is 41.9 Å². The molecule has 0 aliphatic heterocycles. The molecule has 3 rings (SSSR count). The molecule has 2 aliphatic rings. The quantitative estimate of drug-likeness (QED) is 0.664. The minimum atomic E-state index is 0.0905. The third-order valence-corrected chi connectivity index (χ3v) is 5.40. The SMILES string of the molecule is C[C@]12CCCC[C@@H]1[C@@H]2C(=O)N/N=C/c1ccc(Br)cc1. The van der Waals surface area contributed by atoms with Crippen molar-refractivity contribution < 1.29 is 4.79 Å². The molecule has 1 aromatic carbocycles. The third-order valence-electron chi connectivity index (χ3n) is 4.87. The van der Waals surface area contributed by atoms with Crippen molar-refractivity contribution in [2.45, 2.75) is 32.6 Å². The maximum Gasteiger partial charge on any atom is 0.244 e. The normalized spacial score (nSPS) is 31.9. The summed E-state index contributed by atoms with van der Waals surface area (Å²) in [7, 11) is 0. The van der Waals surface area contributed by atoms with Crippen LogP contribution in [-0.4, -0.2) is 12.1 Å². The molecular formula is C16H19BrN2O. The van der Waals surface area contributed by atoms with E-state index in [9.17, 15) is 4.79 Å². The van der Waals surface area contributed by atoms with Crippen LogP contribution >= 0.6 is 15.9 Å². The third kappa shape index (κ3) is 2.53. The van der Waals surface area contributed by atoms with Crippen LogP contribution in [-0.2, 0) is 4.79 Å². The van der Waals surface area contributed by atoms with Crippen LogP contribution in [0, 0.1) is 17.3 Å². The van der Waals surface area contributed by atoms with Crippen LogP contribution in [0.25, 0.3) is 0 Å². The molecule has 0 bridgehead atoms. The highest BCUT2D eigenvalue weighted by molar-refractivity contribution is 9.10. The minimum Gasteiger partial charge on any atom is -0.273 e. The van der Waals surface area contributed by atoms with E-state index in [0.717, 1.165) is 10.0 Å². The van der Waals surface area contributed by atoms with Gasteiger partial charge in [-0.1, -0.05) is 47.8 Å². The maximum atomic E-state index is 12.2. The Morgan fingerprint density at radius 1 is 1.40 bits per heavy atom. The maximum absolute atomic E-state index is 12.2. The summed E-state index contributed by atoms with van der Waals surface area (Å²) in [5.74, 6) is 0.846. The zero-order valence-corrected chi connectivity index (χ0v) is 13.2. The second kappa shape index (κ2) is 5.32. The van der Waals surface area contributed by atoms with Crippen molar-refractivity contribution in [2.24, 2.45) is 22.4 Å². The molecule has 2 saturated carbocycles. The fourth-order valence-electron chi connectivity index (χ4n) is 3.64. The standard InChI is InChI=1S/C16H19BrN2O/c1-16-9-3-2-4-13(16)14(16)15(20)19-18-10-11-5-7-12(17)8-6-11/h5-8,10,13-14H,2-4,9H2,1H3,(H,19,20)/b18-10+/t13-,14-,16+/m1/s1. The summed E-state index contributed by atoms with van der Waals surface area (Å²) >= 11 is 3.39. The number of hydrogen-bond acceptors (Lipinski definition) is 2. The van der Waals surface area contributed by atoms with Gasteiger partial charge in [0.25, 0.3) is 0 Å². The first-order valence-electron chi connectivity index (χ1n) is 7.20. The molecule has 0 spiro atoms. The average Bonchev–Trinajstić information content (AvgIpc) is 3.06. The van der Waals surface area contributed by atoms with Gasteiger partial charge in [-0.15, -0.1) is 0 Å². The van der Waals surface area contributed by atoms with Crippen molar-refractivity contribution in [1.29, 1.82) is 0 Å². The number of fused-ring (bicyclic) bond motifs is 1. The molecule has 0 unspecified atom stereocenters. The van der Waals surface area contributed by atoms with Crippen LogP contribution in [0.4, 0.5) is 0 Å². The molecule has 0 aromatic heterocycles. The molecule has 0 radical (unpaired) electrons. The summed E-state index contributed by atoms with van der Waals surface area (Å²) in [4.78, 5) is 12.2. The lowest BCUT2D eigenvalue weighted by atomic mass is 9.90. The molecule has 0 saturated heterocycles. The summed E-state index contributed by atoms with van der Waals surface area (Å²) in [6.45, 7) is 2.25. The molecule has 106 valence electrons. The van der Waals surface area contributed by atoms with Crippen molar-refractivity contribution in [1.82, 2.24) is 5.43 Å². The first-order valence-corrected chi connectivity index (χ1v) is 7.99. The fraction of sp³-hybridized carbons (Fsp3) is 0.500. The number of hydrogen-bond donors (Lipinski definition) is 1. The molecular weight excluding hydrogens is 316 g/mol. The van der Waals surface area contributed by atoms with Gasteiger partial charge >= 0.3 is 0 Å². The van der Waals surface area contributed by atoms with Gasteiger partial charge in [0, 0.05) is 10.4 Å². The average molecular weight is 335 g/mol. The number of benzene rings is 1. The van der Waals surface area contributed by atoms with E-state index < -0.39 is 0 Å². The lowest BCUT2D eigenvalue weighted by Crippen LogP contribution is -2.22. The molecule has 1 aromatic rings. The zero-order valence-electron chi connectivity index (χ0n) is 11.6. The Morgan fingerprint density at radius 2 is 2.15 bits per heavy atom. The minimum absolute atomic E-state index is 0.0905. The number of carbonyl (C=O) groups is 1. The monoisotopic (exact) mass is 334 g/mol. The van der Waals surface area contributed by atoms with Crippen LogP contribution in [0.15, 0.2) is 33.8 Å². The largest absolute Gasteiger partial charge is 0.273 e. The van der Waals surface area contributed by atoms with Gasteiger partial charge in [0.1, 0.15) is 0 Å². The fourth-order valence-corrected chi connectivity index (χ4v) is 3.90. The first-order chi connectivity index (χ1) is 9.61. The molecule has 2 fully saturated rings. The Hall–Kier alpha value is -1.16. The Kier molecular flexibility index (Phi) is 3.67. The topological polar surface area (TPSA) is 41.5 Å². The highest BCUT2D eigenvalue weighted by Crippen LogP contribution is 2.66. The van der Waals surface area contributed by atoms with Gasteiger partial charge in [0.15, 0.2) is 0 Å². The van der Waals surface area contributed by atoms with Crippen LogP contribution < -0.4 is 5.43 Å². The Bertz CT molecular complexity index is 540. The predicted octanol–water partition coefficient (Wildman–Crippen LogP) is 3.73. The second-order valence-corrected chi connectivity index (χ2v) is 7.04. The molecule has 4 heteroatoms. The number of carbonyl (C=O) groups excluding carboxylic acids is 1. The smallest absolute Gasteiger partial charge is 0.244 e. The van der Waals surface area contributed by atoms with E-state index in [-0.39, 0.29) is 17.2 Å². The number of nitrogens with one attached hydrogen (secondary N) is 1. The Labute approximate surface area is 128 Å². The van der Waals surface area contributed by atoms with Crippen molar-refractivity contribution in [3.05, 3.63) is 34.3 Å². The lowest BCUT2D eigenvalue weighted by molar-refractivity contribution is -0.123. The van der Waals surface area contributed by atoms with Crippen molar-refractivity contribution in [2.75, 3.05) is 0 Å². The number of amides is 1. The van der Waals surface area contributed by atoms with Crippen LogP contribution in [0.1, 0.15) is 38.2 Å². The summed E-state index contributed by atoms with van der Waals surface area (Å²) < 4.78 is 1.04. The Morgan fingerprint density at radius 3 is 2.80 bits per heavy atom. The molecule has 1 amide bonds. The van der Waals surface area contributed by atoms with E-state index in [0.29, 0.717) is 5.92 Å². The highest BCUT2D eigenvalue weighted by atomic mass is 79.9. The van der Waals surface area contributed by atoms with Crippen LogP contribution in [0.3, 0.4) is 0 Å². The molecule has 0 heterocycles. The summed E-state index contributed by atoms with van der Waals surface area (Å²) in [6, 6.07) is 7.83. The number of hydrazone groups is 1. The zero-order chi connectivity index (χ0) is 14.2. The first kappa shape index (κ1) is 13.8. The van der Waals surface area contributed by atoms with Crippen LogP contribution in [0.5, 0.6) is 0 Å². The van der Waals surface area contributed by atoms with Gasteiger partial charge in [0.2, 0.25) is 5.91 Å². The molecule has 20 heavy (non-hydrogen) atoms. The summed E-state index contributed by atoms with van der Waals surface area (Å²) in [6.07, 6.45) is 6.61.